The van der Waals surface area contributed by atoms with Crippen LogP contribution in [0.3, 0.4) is 0 Å². The van der Waals surface area contributed by atoms with Crippen molar-refractivity contribution >= 4 is 10.3 Å². The molecule has 0 bridgehead atoms. The van der Waals surface area contributed by atoms with E-state index in [4.69, 9.17) is 13.0 Å². The number of hydrogen-bond donors (Lipinski definition) is 3. The average molecular weight is 194 g/mol. The van der Waals surface area contributed by atoms with Crippen LogP contribution in [0.4, 0.5) is 0 Å². The highest BCUT2D eigenvalue weighted by atomic mass is 32.2. The minimum Gasteiger partial charge on any atom is -0.310 e. The van der Waals surface area contributed by atoms with Crippen LogP contribution in [0, 0.1) is 0 Å². The summed E-state index contributed by atoms with van der Waals surface area (Å²) in [5.41, 5.74) is 0. The zero-order valence-electron chi connectivity index (χ0n) is 6.73. The highest BCUT2D eigenvalue weighted by Gasteiger charge is 1.81. The number of rotatable bonds is 4. The van der Waals surface area contributed by atoms with Gasteiger partial charge in [0.2, 0.25) is 0 Å². The van der Waals surface area contributed by atoms with Gasteiger partial charge in [-0.2, -0.15) is 8.42 Å². The monoisotopic (exact) mass is 194 g/mol. The normalized spacial score (nSPS) is 9.50. The minimum absolute atomic E-state index is 0.867. The summed E-state index contributed by atoms with van der Waals surface area (Å²) >= 11 is 0. The predicted molar refractivity (Wildman–Crippen MR) is 49.0 cm³/mol. The van der Waals surface area contributed by atoms with Gasteiger partial charge in [0.05, 0.1) is 0 Å². The summed E-state index contributed by atoms with van der Waals surface area (Å²) in [6.07, 6.45) is 3.65. The highest BCUT2D eigenvalue weighted by Crippen LogP contribution is 1.59. The fraction of sp³-hybridized carbons (Fsp3) is 0.333. The molecule has 4 N–H and O–H groups in total. The van der Waals surface area contributed by atoms with Crippen LogP contribution in [-0.4, -0.2) is 26.1 Å². The molecule has 72 valence electrons. The van der Waals surface area contributed by atoms with E-state index < -0.39 is 10.3 Å². The second-order valence-corrected chi connectivity index (χ2v) is 2.78. The van der Waals surface area contributed by atoms with E-state index in [1.165, 1.54) is 0 Å². The van der Waals surface area contributed by atoms with Gasteiger partial charge in [-0.3, -0.25) is 4.55 Å². The van der Waals surface area contributed by atoms with Crippen LogP contribution in [-0.2, 0) is 10.3 Å². The van der Waals surface area contributed by atoms with Gasteiger partial charge in [-0.15, -0.1) is 13.2 Å². The lowest BCUT2D eigenvalue weighted by atomic mass is 10.5. The fourth-order valence-corrected chi connectivity index (χ4v) is 0.287. The van der Waals surface area contributed by atoms with Crippen molar-refractivity contribution in [3.63, 3.8) is 0 Å². The Bertz CT molecular complexity index is 195. The molecule has 0 radical (unpaired) electrons. The lowest BCUT2D eigenvalue weighted by molar-refractivity contribution is 0.485. The van der Waals surface area contributed by atoms with E-state index in [2.05, 4.69) is 23.6 Å². The summed E-state index contributed by atoms with van der Waals surface area (Å²) in [6, 6.07) is 0. The van der Waals surface area contributed by atoms with E-state index in [1.54, 1.807) is 0 Å². The van der Waals surface area contributed by atoms with Gasteiger partial charge in [0.25, 0.3) is 0 Å². The Balaban J connectivity index is 0. The highest BCUT2D eigenvalue weighted by molar-refractivity contribution is 7.83. The molecule has 0 aliphatic heterocycles. The summed E-state index contributed by atoms with van der Waals surface area (Å²) in [5, 5.41) is 6.93. The number of nitrogens with two attached hydrogens (primary N) is 1. The lowest BCUT2D eigenvalue weighted by Gasteiger charge is -1.90. The average Bonchev–Trinajstić information content (AvgIpc) is 1.85. The van der Waals surface area contributed by atoms with E-state index in [0.29, 0.717) is 0 Å². The quantitative estimate of drug-likeness (QED) is 0.325. The first-order valence-electron chi connectivity index (χ1n) is 3.09. The lowest BCUT2D eigenvalue weighted by Crippen LogP contribution is -2.11. The van der Waals surface area contributed by atoms with Gasteiger partial charge in [0.1, 0.15) is 0 Å². The molecule has 0 atom stereocenters. The van der Waals surface area contributed by atoms with Crippen LogP contribution in [0.1, 0.15) is 0 Å². The maximum atomic E-state index is 8.97. The molecule has 12 heavy (non-hydrogen) atoms. The van der Waals surface area contributed by atoms with Crippen LogP contribution < -0.4 is 10.5 Å². The Hall–Kier alpha value is -0.690. The molecule has 0 saturated heterocycles. The first kappa shape index (κ1) is 13.9. The molecular weight excluding hydrogens is 180 g/mol. The molecule has 6 heteroatoms. The zero-order chi connectivity index (χ0) is 10.0. The summed E-state index contributed by atoms with van der Waals surface area (Å²) in [7, 11) is -4.17. The van der Waals surface area contributed by atoms with Gasteiger partial charge in [0.15, 0.2) is 0 Å². The number of hydrogen-bond acceptors (Lipinski definition) is 3. The van der Waals surface area contributed by atoms with Gasteiger partial charge in [-0.05, 0) is 0 Å². The molecular formula is C6H14N2O3S. The third-order valence-electron chi connectivity index (χ3n) is 0.577. The Morgan fingerprint density at radius 2 is 1.58 bits per heavy atom. The van der Waals surface area contributed by atoms with E-state index in [1.807, 2.05) is 12.2 Å². The van der Waals surface area contributed by atoms with Crippen molar-refractivity contribution in [2.75, 3.05) is 13.1 Å². The molecule has 0 rings (SSSR count). The second-order valence-electron chi connectivity index (χ2n) is 1.75. The maximum absolute atomic E-state index is 8.97. The summed E-state index contributed by atoms with van der Waals surface area (Å²) < 4.78 is 25.2. The van der Waals surface area contributed by atoms with Crippen molar-refractivity contribution in [1.82, 2.24) is 5.32 Å². The van der Waals surface area contributed by atoms with Gasteiger partial charge in [-0.25, -0.2) is 5.14 Å². The van der Waals surface area contributed by atoms with Gasteiger partial charge < -0.3 is 5.32 Å². The third-order valence-corrected chi connectivity index (χ3v) is 0.577. The van der Waals surface area contributed by atoms with Crippen LogP contribution in [0.2, 0.25) is 0 Å². The van der Waals surface area contributed by atoms with Gasteiger partial charge in [0, 0.05) is 13.1 Å². The first-order chi connectivity index (χ1) is 5.41. The van der Waals surface area contributed by atoms with Crippen molar-refractivity contribution < 1.29 is 13.0 Å². The molecule has 0 aliphatic carbocycles. The molecule has 0 fully saturated rings. The van der Waals surface area contributed by atoms with Gasteiger partial charge in [-0.1, -0.05) is 12.2 Å². The Morgan fingerprint density at radius 3 is 1.75 bits per heavy atom. The Labute approximate surface area is 72.8 Å². The largest absolute Gasteiger partial charge is 0.330 e. The number of nitrogens with one attached hydrogen (secondary N) is 1. The van der Waals surface area contributed by atoms with Crippen LogP contribution in [0.15, 0.2) is 25.3 Å². The van der Waals surface area contributed by atoms with Crippen molar-refractivity contribution in [1.29, 1.82) is 0 Å². The van der Waals surface area contributed by atoms with Crippen LogP contribution in [0.25, 0.3) is 0 Å². The van der Waals surface area contributed by atoms with Crippen molar-refractivity contribution in [2.24, 2.45) is 5.14 Å². The standard InChI is InChI=1S/C6H11N.H3NO3S/c1-3-5-7-6-4-2;1-5(2,3)4/h3-4,7H,1-2,5-6H2;(H3,1,2,3,4). The smallest absolute Gasteiger partial charge is 0.310 e. The van der Waals surface area contributed by atoms with E-state index in [-0.39, 0.29) is 0 Å². The topological polar surface area (TPSA) is 92.4 Å². The molecule has 0 aromatic rings. The Morgan fingerprint density at radius 1 is 1.33 bits per heavy atom. The third kappa shape index (κ3) is 58.7. The summed E-state index contributed by atoms with van der Waals surface area (Å²) in [6.45, 7) is 8.81. The molecule has 0 aliphatic rings. The molecule has 0 unspecified atom stereocenters. The molecule has 5 nitrogen and oxygen atoms in total. The molecule has 0 amide bonds. The van der Waals surface area contributed by atoms with Gasteiger partial charge >= 0.3 is 10.3 Å². The van der Waals surface area contributed by atoms with Crippen LogP contribution in [0.5, 0.6) is 0 Å². The molecule has 0 aromatic heterocycles. The zero-order valence-corrected chi connectivity index (χ0v) is 7.55. The molecule has 0 saturated carbocycles. The van der Waals surface area contributed by atoms with E-state index in [9.17, 15) is 0 Å². The second kappa shape index (κ2) is 8.41. The Kier molecular flexibility index (Phi) is 9.72. The predicted octanol–water partition coefficient (Wildman–Crippen LogP) is -0.304. The van der Waals surface area contributed by atoms with Crippen molar-refractivity contribution in [3.8, 4) is 0 Å². The minimum atomic E-state index is -4.17. The fourth-order valence-electron chi connectivity index (χ4n) is 0.287. The van der Waals surface area contributed by atoms with Crippen molar-refractivity contribution in [2.45, 2.75) is 0 Å². The summed E-state index contributed by atoms with van der Waals surface area (Å²) in [5.74, 6) is 0. The first-order valence-corrected chi connectivity index (χ1v) is 4.59. The molecule has 0 aromatic carbocycles. The maximum Gasteiger partial charge on any atom is 0.330 e. The van der Waals surface area contributed by atoms with E-state index in [0.717, 1.165) is 13.1 Å². The molecule has 0 spiro atoms. The molecule has 0 heterocycles. The van der Waals surface area contributed by atoms with Crippen LogP contribution >= 0.6 is 0 Å². The van der Waals surface area contributed by atoms with E-state index >= 15 is 0 Å². The SMILES string of the molecule is C=CCNCC=C.NS(=O)(=O)O. The summed E-state index contributed by atoms with van der Waals surface area (Å²) in [4.78, 5) is 0. The van der Waals surface area contributed by atoms with Crippen molar-refractivity contribution in [3.05, 3.63) is 25.3 Å².